The minimum atomic E-state index is -4.33. The van der Waals surface area contributed by atoms with Crippen LogP contribution in [0.4, 0.5) is 13.2 Å². The summed E-state index contributed by atoms with van der Waals surface area (Å²) < 4.78 is 37.4. The Morgan fingerprint density at radius 1 is 1.19 bits per heavy atom. The lowest BCUT2D eigenvalue weighted by molar-refractivity contribution is -0.137. The molecule has 21 heavy (non-hydrogen) atoms. The molecule has 2 rings (SSSR count). The van der Waals surface area contributed by atoms with E-state index in [-0.39, 0.29) is 0 Å². The van der Waals surface area contributed by atoms with Gasteiger partial charge in [-0.2, -0.15) is 13.2 Å². The Morgan fingerprint density at radius 3 is 2.29 bits per heavy atom. The number of benzene rings is 1. The summed E-state index contributed by atoms with van der Waals surface area (Å²) in [5.41, 5.74) is -0.181. The topological polar surface area (TPSA) is 32.3 Å². The van der Waals surface area contributed by atoms with Gasteiger partial charge in [-0.1, -0.05) is 25.0 Å². The highest BCUT2D eigenvalue weighted by Crippen LogP contribution is 2.30. The fraction of sp³-hybridized carbons (Fsp3) is 0.625. The minimum Gasteiger partial charge on any atom is -0.387 e. The highest BCUT2D eigenvalue weighted by atomic mass is 19.4. The van der Waals surface area contributed by atoms with Gasteiger partial charge in [-0.3, -0.25) is 0 Å². The number of alkyl halides is 3. The van der Waals surface area contributed by atoms with Crippen molar-refractivity contribution in [2.75, 3.05) is 6.54 Å². The van der Waals surface area contributed by atoms with Crippen molar-refractivity contribution in [3.63, 3.8) is 0 Å². The quantitative estimate of drug-likeness (QED) is 0.864. The molecule has 1 aliphatic rings. The number of hydrogen-bond acceptors (Lipinski definition) is 2. The van der Waals surface area contributed by atoms with Gasteiger partial charge in [0.25, 0.3) is 0 Å². The highest BCUT2D eigenvalue weighted by molar-refractivity contribution is 5.26. The van der Waals surface area contributed by atoms with E-state index in [9.17, 15) is 18.3 Å². The third-order valence-corrected chi connectivity index (χ3v) is 4.36. The van der Waals surface area contributed by atoms with Gasteiger partial charge in [0, 0.05) is 12.6 Å². The molecule has 2 unspecified atom stereocenters. The second-order valence-corrected chi connectivity index (χ2v) is 5.88. The Balaban J connectivity index is 1.86. The average Bonchev–Trinajstić information content (AvgIpc) is 2.98. The van der Waals surface area contributed by atoms with Gasteiger partial charge in [0.15, 0.2) is 0 Å². The van der Waals surface area contributed by atoms with Crippen LogP contribution in [-0.4, -0.2) is 17.7 Å². The van der Waals surface area contributed by atoms with Crippen LogP contribution in [0.25, 0.3) is 0 Å². The molecule has 2 N–H and O–H groups in total. The van der Waals surface area contributed by atoms with Crippen LogP contribution in [0.2, 0.25) is 0 Å². The van der Waals surface area contributed by atoms with Gasteiger partial charge in [-0.15, -0.1) is 0 Å². The third-order valence-electron chi connectivity index (χ3n) is 4.36. The first-order valence-corrected chi connectivity index (χ1v) is 7.46. The lowest BCUT2D eigenvalue weighted by Crippen LogP contribution is -2.35. The normalized spacial score (nSPS) is 19.7. The molecule has 0 saturated heterocycles. The van der Waals surface area contributed by atoms with Gasteiger partial charge >= 0.3 is 6.18 Å². The monoisotopic (exact) mass is 301 g/mol. The van der Waals surface area contributed by atoms with Crippen LogP contribution >= 0.6 is 0 Å². The summed E-state index contributed by atoms with van der Waals surface area (Å²) >= 11 is 0. The standard InChI is InChI=1S/C16H22F3NO/c1-11(12-4-2-3-5-12)20-10-15(21)13-6-8-14(9-7-13)16(17,18)19/h6-9,11-12,15,20-21H,2-5,10H2,1H3. The molecule has 118 valence electrons. The van der Waals surface area contributed by atoms with Crippen molar-refractivity contribution in [1.29, 1.82) is 0 Å². The molecule has 0 spiro atoms. The molecule has 1 saturated carbocycles. The van der Waals surface area contributed by atoms with Crippen molar-refractivity contribution in [2.45, 2.75) is 50.9 Å². The summed E-state index contributed by atoms with van der Waals surface area (Å²) in [4.78, 5) is 0. The summed E-state index contributed by atoms with van der Waals surface area (Å²) in [5.74, 6) is 0.643. The van der Waals surface area contributed by atoms with Crippen LogP contribution in [0.3, 0.4) is 0 Å². The molecule has 1 fully saturated rings. The van der Waals surface area contributed by atoms with Crippen molar-refractivity contribution in [1.82, 2.24) is 5.32 Å². The molecule has 1 aromatic carbocycles. The molecule has 0 aliphatic heterocycles. The number of aliphatic hydroxyl groups is 1. The molecule has 1 aromatic rings. The first-order chi connectivity index (χ1) is 9.88. The predicted molar refractivity (Wildman–Crippen MR) is 75.8 cm³/mol. The van der Waals surface area contributed by atoms with Crippen LogP contribution in [0.5, 0.6) is 0 Å². The highest BCUT2D eigenvalue weighted by Gasteiger charge is 2.30. The maximum atomic E-state index is 12.5. The van der Waals surface area contributed by atoms with Gasteiger partial charge in [-0.05, 0) is 43.4 Å². The molecule has 0 radical (unpaired) electrons. The minimum absolute atomic E-state index is 0.330. The Bertz CT molecular complexity index is 438. The van der Waals surface area contributed by atoms with Gasteiger partial charge in [0.2, 0.25) is 0 Å². The van der Waals surface area contributed by atoms with E-state index in [0.29, 0.717) is 24.1 Å². The van der Waals surface area contributed by atoms with Crippen LogP contribution in [0, 0.1) is 5.92 Å². The first-order valence-electron chi connectivity index (χ1n) is 7.46. The third kappa shape index (κ3) is 4.45. The lowest BCUT2D eigenvalue weighted by atomic mass is 9.99. The molecular formula is C16H22F3NO. The Kier molecular flexibility index (Phi) is 5.27. The molecule has 0 heterocycles. The van der Waals surface area contributed by atoms with Crippen molar-refractivity contribution >= 4 is 0 Å². The van der Waals surface area contributed by atoms with E-state index in [4.69, 9.17) is 0 Å². The predicted octanol–water partition coefficient (Wildman–Crippen LogP) is 3.91. The van der Waals surface area contributed by atoms with E-state index in [1.165, 1.54) is 37.8 Å². The summed E-state index contributed by atoms with van der Waals surface area (Å²) in [5, 5.41) is 13.4. The number of hydrogen-bond donors (Lipinski definition) is 2. The Morgan fingerprint density at radius 2 is 1.76 bits per heavy atom. The molecule has 5 heteroatoms. The number of halogens is 3. The van der Waals surface area contributed by atoms with Crippen molar-refractivity contribution in [2.24, 2.45) is 5.92 Å². The largest absolute Gasteiger partial charge is 0.416 e. The molecule has 2 atom stereocenters. The van der Waals surface area contributed by atoms with E-state index in [0.717, 1.165) is 12.1 Å². The van der Waals surface area contributed by atoms with E-state index in [1.54, 1.807) is 0 Å². The Hall–Kier alpha value is -1.07. The second kappa shape index (κ2) is 6.79. The Labute approximate surface area is 123 Å². The maximum Gasteiger partial charge on any atom is 0.416 e. The zero-order chi connectivity index (χ0) is 15.5. The molecule has 0 aromatic heterocycles. The fourth-order valence-electron chi connectivity index (χ4n) is 2.93. The van der Waals surface area contributed by atoms with Crippen LogP contribution < -0.4 is 5.32 Å². The number of aliphatic hydroxyl groups excluding tert-OH is 1. The summed E-state index contributed by atoms with van der Waals surface area (Å²) in [7, 11) is 0. The molecule has 1 aliphatic carbocycles. The summed E-state index contributed by atoms with van der Waals surface area (Å²) in [6.45, 7) is 2.47. The SMILES string of the molecule is CC(NCC(O)c1ccc(C(F)(F)F)cc1)C1CCCC1. The smallest absolute Gasteiger partial charge is 0.387 e. The van der Waals surface area contributed by atoms with Crippen molar-refractivity contribution in [3.8, 4) is 0 Å². The zero-order valence-corrected chi connectivity index (χ0v) is 12.2. The zero-order valence-electron chi connectivity index (χ0n) is 12.2. The molecule has 0 bridgehead atoms. The molecule has 0 amide bonds. The maximum absolute atomic E-state index is 12.5. The van der Waals surface area contributed by atoms with E-state index in [1.807, 2.05) is 0 Å². The van der Waals surface area contributed by atoms with Crippen molar-refractivity contribution in [3.05, 3.63) is 35.4 Å². The van der Waals surface area contributed by atoms with Gasteiger partial charge in [0.05, 0.1) is 11.7 Å². The summed E-state index contributed by atoms with van der Waals surface area (Å²) in [6.07, 6.45) is -0.166. The average molecular weight is 301 g/mol. The van der Waals surface area contributed by atoms with Gasteiger partial charge in [0.1, 0.15) is 0 Å². The van der Waals surface area contributed by atoms with Crippen LogP contribution in [0.15, 0.2) is 24.3 Å². The van der Waals surface area contributed by atoms with E-state index < -0.39 is 17.8 Å². The fourth-order valence-corrected chi connectivity index (χ4v) is 2.93. The first kappa shape index (κ1) is 16.3. The summed E-state index contributed by atoms with van der Waals surface area (Å²) in [6, 6.07) is 5.04. The number of nitrogens with one attached hydrogen (secondary N) is 1. The molecule has 2 nitrogen and oxygen atoms in total. The van der Waals surface area contributed by atoms with Crippen molar-refractivity contribution < 1.29 is 18.3 Å². The van der Waals surface area contributed by atoms with Gasteiger partial charge in [-0.25, -0.2) is 0 Å². The second-order valence-electron chi connectivity index (χ2n) is 5.88. The van der Waals surface area contributed by atoms with Gasteiger partial charge < -0.3 is 10.4 Å². The van der Waals surface area contributed by atoms with Crippen LogP contribution in [0.1, 0.15) is 49.8 Å². The molecular weight excluding hydrogens is 279 g/mol. The van der Waals surface area contributed by atoms with E-state index >= 15 is 0 Å². The lowest BCUT2D eigenvalue weighted by Gasteiger charge is -2.22. The van der Waals surface area contributed by atoms with Crippen LogP contribution in [-0.2, 0) is 6.18 Å². The number of rotatable bonds is 5. The van der Waals surface area contributed by atoms with E-state index in [2.05, 4.69) is 12.2 Å².